The molecule has 1 saturated heterocycles. The molecule has 0 amide bonds. The number of unbranched alkanes of at least 4 members (excludes halogenated alkanes) is 17. The Hall–Kier alpha value is 0.0969. The van der Waals surface area contributed by atoms with Crippen molar-refractivity contribution in [1.29, 1.82) is 0 Å². The van der Waals surface area contributed by atoms with Gasteiger partial charge in [0.25, 0.3) is 0 Å². The fourth-order valence-electron chi connectivity index (χ4n) is 4.99. The van der Waals surface area contributed by atoms with E-state index in [2.05, 4.69) is 18.4 Å². The van der Waals surface area contributed by atoms with Crippen LogP contribution in [-0.4, -0.2) is 40.1 Å². The topological polar surface area (TPSA) is 21.7 Å². The van der Waals surface area contributed by atoms with Crippen LogP contribution in [0.4, 0.5) is 0 Å². The molecule has 0 aromatic carbocycles. The Morgan fingerprint density at radius 1 is 0.633 bits per heavy atom. The molecule has 1 unspecified atom stereocenters. The van der Waals surface area contributed by atoms with Gasteiger partial charge in [-0.1, -0.05) is 116 Å². The largest absolute Gasteiger partial charge is 0.427 e. The molecule has 0 aliphatic carbocycles. The summed E-state index contributed by atoms with van der Waals surface area (Å²) < 4.78 is 14.5. The van der Waals surface area contributed by atoms with Gasteiger partial charge in [-0.15, -0.1) is 0 Å². The fourth-order valence-corrected chi connectivity index (χ4v) is 8.26. The zero-order valence-electron chi connectivity index (χ0n) is 21.0. The SMILES string of the molecule is CCCCCCCCCCCCCCCCCCCCN1CCC[Si]1(OC)OCC. The van der Waals surface area contributed by atoms with E-state index < -0.39 is 8.72 Å². The lowest BCUT2D eigenvalue weighted by molar-refractivity contribution is 0.156. The summed E-state index contributed by atoms with van der Waals surface area (Å²) in [7, 11) is -0.158. The third kappa shape index (κ3) is 12.8. The van der Waals surface area contributed by atoms with Crippen LogP contribution in [0.3, 0.4) is 0 Å². The molecule has 4 heteroatoms. The molecule has 0 spiro atoms. The van der Waals surface area contributed by atoms with E-state index in [9.17, 15) is 0 Å². The molecule has 1 heterocycles. The van der Waals surface area contributed by atoms with Crippen molar-refractivity contribution in [3.05, 3.63) is 0 Å². The predicted molar refractivity (Wildman–Crippen MR) is 134 cm³/mol. The fraction of sp³-hybridized carbons (Fsp3) is 1.00. The van der Waals surface area contributed by atoms with Crippen molar-refractivity contribution >= 4 is 8.72 Å². The number of hydrogen-bond donors (Lipinski definition) is 0. The van der Waals surface area contributed by atoms with Crippen LogP contribution in [0.15, 0.2) is 0 Å². The van der Waals surface area contributed by atoms with Gasteiger partial charge < -0.3 is 8.85 Å². The molecule has 0 aromatic heterocycles. The van der Waals surface area contributed by atoms with Gasteiger partial charge >= 0.3 is 8.72 Å². The van der Waals surface area contributed by atoms with Crippen molar-refractivity contribution in [2.75, 3.05) is 26.8 Å². The van der Waals surface area contributed by atoms with Gasteiger partial charge in [0.15, 0.2) is 0 Å². The molecular weight excluding hydrogens is 386 g/mol. The van der Waals surface area contributed by atoms with Crippen molar-refractivity contribution in [2.45, 2.75) is 142 Å². The van der Waals surface area contributed by atoms with Crippen LogP contribution in [0, 0.1) is 0 Å². The second-order valence-corrected chi connectivity index (χ2v) is 12.7. The average Bonchev–Trinajstić information content (AvgIpc) is 3.16. The average molecular weight is 442 g/mol. The Labute approximate surface area is 191 Å². The van der Waals surface area contributed by atoms with Gasteiger partial charge in [0.2, 0.25) is 0 Å². The van der Waals surface area contributed by atoms with E-state index in [1.807, 2.05) is 7.11 Å². The maximum atomic E-state index is 6.08. The number of nitrogens with zero attached hydrogens (tertiary/aromatic N) is 1. The predicted octanol–water partition coefficient (Wildman–Crippen LogP) is 8.36. The summed E-state index contributed by atoms with van der Waals surface area (Å²) in [5, 5.41) is 0. The van der Waals surface area contributed by atoms with Crippen molar-refractivity contribution in [2.24, 2.45) is 0 Å². The first-order valence-corrected chi connectivity index (χ1v) is 15.7. The quantitative estimate of drug-likeness (QED) is 0.124. The molecule has 0 radical (unpaired) electrons. The third-order valence-electron chi connectivity index (χ3n) is 6.87. The smallest absolute Gasteiger partial charge is 0.386 e. The summed E-state index contributed by atoms with van der Waals surface area (Å²) in [6.45, 7) is 7.54. The summed E-state index contributed by atoms with van der Waals surface area (Å²) >= 11 is 0. The highest BCUT2D eigenvalue weighted by molar-refractivity contribution is 6.65. The third-order valence-corrected chi connectivity index (χ3v) is 10.6. The molecule has 180 valence electrons. The highest BCUT2D eigenvalue weighted by Gasteiger charge is 2.47. The molecule has 1 rings (SSSR count). The molecule has 30 heavy (non-hydrogen) atoms. The van der Waals surface area contributed by atoms with Crippen LogP contribution in [0.1, 0.15) is 136 Å². The first kappa shape index (κ1) is 28.1. The standard InChI is InChI=1S/C26H55NO2Si/c1-4-6-7-8-9-10-11-12-13-14-15-16-17-18-19-20-21-22-24-27-25-23-26-30(27,28-3)29-5-2/h4-26H2,1-3H3. The Kier molecular flexibility index (Phi) is 18.5. The van der Waals surface area contributed by atoms with Crippen LogP contribution >= 0.6 is 0 Å². The molecule has 0 bridgehead atoms. The highest BCUT2D eigenvalue weighted by Crippen LogP contribution is 2.28. The van der Waals surface area contributed by atoms with Gasteiger partial charge in [-0.05, 0) is 32.9 Å². The van der Waals surface area contributed by atoms with E-state index in [1.54, 1.807) is 0 Å². The minimum atomic E-state index is -2.01. The van der Waals surface area contributed by atoms with Crippen molar-refractivity contribution in [3.8, 4) is 0 Å². The van der Waals surface area contributed by atoms with E-state index in [-0.39, 0.29) is 0 Å². The van der Waals surface area contributed by atoms with E-state index in [4.69, 9.17) is 8.85 Å². The lowest BCUT2D eigenvalue weighted by atomic mass is 10.0. The first-order chi connectivity index (χ1) is 14.8. The molecule has 0 aromatic rings. The van der Waals surface area contributed by atoms with Gasteiger partial charge in [0, 0.05) is 19.8 Å². The van der Waals surface area contributed by atoms with Gasteiger partial charge in [0.05, 0.1) is 0 Å². The van der Waals surface area contributed by atoms with E-state index in [0.717, 1.165) is 12.7 Å². The summed E-state index contributed by atoms with van der Waals surface area (Å²) in [6, 6.07) is 1.15. The van der Waals surface area contributed by atoms with E-state index in [0.29, 0.717) is 0 Å². The van der Waals surface area contributed by atoms with E-state index >= 15 is 0 Å². The Morgan fingerprint density at radius 2 is 1.07 bits per heavy atom. The van der Waals surface area contributed by atoms with Crippen LogP contribution in [-0.2, 0) is 8.85 Å². The maximum absolute atomic E-state index is 6.08. The van der Waals surface area contributed by atoms with Crippen molar-refractivity contribution in [3.63, 3.8) is 0 Å². The van der Waals surface area contributed by atoms with Crippen LogP contribution < -0.4 is 0 Å². The van der Waals surface area contributed by atoms with Crippen LogP contribution in [0.25, 0.3) is 0 Å². The minimum Gasteiger partial charge on any atom is -0.386 e. The minimum absolute atomic E-state index is 0.787. The summed E-state index contributed by atoms with van der Waals surface area (Å²) in [5.41, 5.74) is 0. The highest BCUT2D eigenvalue weighted by atomic mass is 28.4. The van der Waals surface area contributed by atoms with Crippen molar-refractivity contribution < 1.29 is 8.85 Å². The Morgan fingerprint density at radius 3 is 1.47 bits per heavy atom. The molecule has 1 atom stereocenters. The summed E-state index contributed by atoms with van der Waals surface area (Å²) in [6.07, 6.45) is 27.1. The second kappa shape index (κ2) is 19.8. The maximum Gasteiger partial charge on any atom is 0.427 e. The van der Waals surface area contributed by atoms with Gasteiger partial charge in [-0.2, -0.15) is 0 Å². The van der Waals surface area contributed by atoms with Gasteiger partial charge in [-0.25, -0.2) is 0 Å². The van der Waals surface area contributed by atoms with Crippen molar-refractivity contribution in [1.82, 2.24) is 4.57 Å². The lowest BCUT2D eigenvalue weighted by Crippen LogP contribution is -2.54. The van der Waals surface area contributed by atoms with E-state index in [1.165, 1.54) is 135 Å². The first-order valence-electron chi connectivity index (χ1n) is 13.7. The number of hydrogen-bond acceptors (Lipinski definition) is 3. The van der Waals surface area contributed by atoms with Gasteiger partial charge in [-0.3, -0.25) is 4.57 Å². The molecule has 1 aliphatic rings. The molecule has 3 nitrogen and oxygen atoms in total. The van der Waals surface area contributed by atoms with Crippen LogP contribution in [0.2, 0.25) is 6.04 Å². The zero-order chi connectivity index (χ0) is 21.8. The lowest BCUT2D eigenvalue weighted by Gasteiger charge is -2.33. The monoisotopic (exact) mass is 441 g/mol. The second-order valence-electron chi connectivity index (χ2n) is 9.45. The molecule has 1 aliphatic heterocycles. The Bertz CT molecular complexity index is 369. The Balaban J connectivity index is 1.81. The van der Waals surface area contributed by atoms with Crippen LogP contribution in [0.5, 0.6) is 0 Å². The molecular formula is C26H55NO2Si. The molecule has 0 saturated carbocycles. The molecule has 0 N–H and O–H groups in total. The summed E-state index contributed by atoms with van der Waals surface area (Å²) in [5.74, 6) is 0. The van der Waals surface area contributed by atoms with Gasteiger partial charge in [0.1, 0.15) is 0 Å². The zero-order valence-corrected chi connectivity index (χ0v) is 22.0. The number of rotatable bonds is 22. The summed E-state index contributed by atoms with van der Waals surface area (Å²) in [4.78, 5) is 0. The normalized spacial score (nSPS) is 19.7. The molecule has 1 fully saturated rings.